The van der Waals surface area contributed by atoms with Gasteiger partial charge in [0.15, 0.2) is 0 Å². The molecule has 0 heterocycles. The second kappa shape index (κ2) is 12.1. The van der Waals surface area contributed by atoms with E-state index in [9.17, 15) is 24.6 Å². The average Bonchev–Trinajstić information content (AvgIpc) is 3.35. The lowest BCUT2D eigenvalue weighted by molar-refractivity contribution is -0.136. The highest BCUT2D eigenvalue weighted by atomic mass is 16.7. The van der Waals surface area contributed by atoms with E-state index < -0.39 is 17.7 Å². The van der Waals surface area contributed by atoms with Crippen LogP contribution in [0.3, 0.4) is 0 Å². The summed E-state index contributed by atoms with van der Waals surface area (Å²) in [6.07, 6.45) is 4.93. The first kappa shape index (κ1) is 27.2. The number of hydrogen-bond donors (Lipinski definition) is 2. The number of nitrogens with zero attached hydrogens (tertiary/aromatic N) is 1. The number of rotatable bonds is 11. The van der Waals surface area contributed by atoms with Gasteiger partial charge in [-0.25, -0.2) is 9.59 Å². The summed E-state index contributed by atoms with van der Waals surface area (Å²) in [5.41, 5.74) is 1.84. The van der Waals surface area contributed by atoms with E-state index in [-0.39, 0.29) is 18.0 Å². The predicted molar refractivity (Wildman–Crippen MR) is 146 cm³/mol. The molecule has 0 radical (unpaired) electrons. The van der Waals surface area contributed by atoms with E-state index >= 15 is 0 Å². The van der Waals surface area contributed by atoms with Crippen molar-refractivity contribution in [2.45, 2.75) is 70.4 Å². The molecule has 0 aromatic heterocycles. The molecule has 0 spiro atoms. The maximum atomic E-state index is 13.3. The predicted octanol–water partition coefficient (Wildman–Crippen LogP) is 7.12. The van der Waals surface area contributed by atoms with Gasteiger partial charge in [0.05, 0.1) is 12.1 Å². The maximum absolute atomic E-state index is 13.3. The lowest BCUT2D eigenvalue weighted by Gasteiger charge is -2.34. The molecule has 0 saturated heterocycles. The minimum Gasteiger partial charge on any atom is -0.478 e. The summed E-state index contributed by atoms with van der Waals surface area (Å²) in [5.74, 6) is -0.953. The number of fused-ring (bicyclic) bond motifs is 1. The van der Waals surface area contributed by atoms with Crippen LogP contribution in [0.1, 0.15) is 74.2 Å². The zero-order valence-corrected chi connectivity index (χ0v) is 21.8. The zero-order valence-electron chi connectivity index (χ0n) is 21.8. The van der Waals surface area contributed by atoms with Crippen molar-refractivity contribution in [2.75, 3.05) is 6.54 Å². The highest BCUT2D eigenvalue weighted by Gasteiger charge is 2.40. The lowest BCUT2D eigenvalue weighted by atomic mass is 9.96. The van der Waals surface area contributed by atoms with Gasteiger partial charge < -0.3 is 19.8 Å². The fourth-order valence-corrected chi connectivity index (χ4v) is 5.46. The minimum atomic E-state index is -1.30. The second-order valence-electron chi connectivity index (χ2n) is 10.2. The van der Waals surface area contributed by atoms with Gasteiger partial charge in [-0.3, -0.25) is 4.79 Å². The number of ether oxygens (including phenoxy) is 1. The first-order valence-corrected chi connectivity index (χ1v) is 13.4. The van der Waals surface area contributed by atoms with Crippen molar-refractivity contribution in [3.8, 4) is 11.1 Å². The number of amides is 1. The Labute approximate surface area is 223 Å². The van der Waals surface area contributed by atoms with Gasteiger partial charge >= 0.3 is 12.1 Å². The number of carboxylic acid groups (broad SMARTS) is 2. The largest absolute Gasteiger partial charge is 0.506 e. The highest BCUT2D eigenvalue weighted by molar-refractivity contribution is 5.98. The molecule has 0 bridgehead atoms. The monoisotopic (exact) mass is 517 g/mol. The number of unbranched alkanes of at least 4 members (excludes halogenated alkanes) is 2. The van der Waals surface area contributed by atoms with Gasteiger partial charge in [-0.05, 0) is 77.8 Å². The summed E-state index contributed by atoms with van der Waals surface area (Å²) in [4.78, 5) is 38.2. The van der Waals surface area contributed by atoms with Crippen molar-refractivity contribution in [3.05, 3.63) is 71.8 Å². The van der Waals surface area contributed by atoms with Gasteiger partial charge in [-0.15, -0.1) is 0 Å². The van der Waals surface area contributed by atoms with E-state index in [0.717, 1.165) is 54.0 Å². The van der Waals surface area contributed by atoms with Gasteiger partial charge in [0.25, 0.3) is 0 Å². The normalized spacial score (nSPS) is 14.3. The first-order chi connectivity index (χ1) is 18.3. The quantitative estimate of drug-likeness (QED) is 0.207. The first-order valence-electron chi connectivity index (χ1n) is 13.4. The van der Waals surface area contributed by atoms with Crippen molar-refractivity contribution >= 4 is 28.8 Å². The molecule has 3 aromatic rings. The van der Waals surface area contributed by atoms with E-state index in [1.807, 2.05) is 42.5 Å². The van der Waals surface area contributed by atoms with Crippen LogP contribution in [0.4, 0.5) is 4.79 Å². The summed E-state index contributed by atoms with van der Waals surface area (Å²) in [7, 11) is 0. The van der Waals surface area contributed by atoms with Crippen LogP contribution in [0.2, 0.25) is 0 Å². The molecule has 1 saturated carbocycles. The molecule has 4 rings (SSSR count). The lowest BCUT2D eigenvalue weighted by Crippen LogP contribution is -2.46. The van der Waals surface area contributed by atoms with Crippen LogP contribution in [-0.4, -0.2) is 45.3 Å². The molecule has 1 aliphatic carbocycles. The van der Waals surface area contributed by atoms with Crippen LogP contribution in [-0.2, 0) is 16.1 Å². The summed E-state index contributed by atoms with van der Waals surface area (Å²) < 4.78 is 5.38. The van der Waals surface area contributed by atoms with Gasteiger partial charge in [0, 0.05) is 13.0 Å². The molecule has 1 aliphatic rings. The van der Waals surface area contributed by atoms with E-state index in [2.05, 4.69) is 6.92 Å². The van der Waals surface area contributed by atoms with Crippen molar-refractivity contribution in [1.29, 1.82) is 0 Å². The van der Waals surface area contributed by atoms with Crippen molar-refractivity contribution in [1.82, 2.24) is 4.90 Å². The number of benzene rings is 3. The third-order valence-corrected chi connectivity index (χ3v) is 7.39. The van der Waals surface area contributed by atoms with Crippen molar-refractivity contribution in [3.63, 3.8) is 0 Å². The second-order valence-corrected chi connectivity index (χ2v) is 10.2. The summed E-state index contributed by atoms with van der Waals surface area (Å²) >= 11 is 0. The maximum Gasteiger partial charge on any atom is 0.506 e. The average molecular weight is 518 g/mol. The number of carbonyl (C=O) groups excluding carboxylic acids is 1. The fourth-order valence-electron chi connectivity index (χ4n) is 5.46. The SMILES string of the molecule is CCCCCC(=O)N(Cc1ccc2cc(-c3ccccc3C(=O)O)ccc2c1)CC1(OC(=O)O)CCCC1. The number of carboxylic acids is 1. The molecule has 1 fully saturated rings. The van der Waals surface area contributed by atoms with Crippen LogP contribution in [0, 0.1) is 0 Å². The Morgan fingerprint density at radius 3 is 2.34 bits per heavy atom. The molecule has 0 unspecified atom stereocenters. The summed E-state index contributed by atoms with van der Waals surface area (Å²) in [6, 6.07) is 18.8. The summed E-state index contributed by atoms with van der Waals surface area (Å²) in [5, 5.41) is 20.9. The number of aromatic carboxylic acids is 1. The van der Waals surface area contributed by atoms with E-state index in [1.165, 1.54) is 0 Å². The Morgan fingerprint density at radius 2 is 1.63 bits per heavy atom. The Balaban J connectivity index is 1.59. The van der Waals surface area contributed by atoms with Crippen LogP contribution in [0.15, 0.2) is 60.7 Å². The van der Waals surface area contributed by atoms with E-state index in [0.29, 0.717) is 31.4 Å². The molecule has 38 heavy (non-hydrogen) atoms. The number of carbonyl (C=O) groups is 3. The van der Waals surface area contributed by atoms with E-state index in [4.69, 9.17) is 4.74 Å². The van der Waals surface area contributed by atoms with E-state index in [1.54, 1.807) is 23.1 Å². The Kier molecular flexibility index (Phi) is 8.66. The molecule has 0 aliphatic heterocycles. The minimum absolute atomic E-state index is 0.0134. The van der Waals surface area contributed by atoms with Gasteiger partial charge in [-0.2, -0.15) is 0 Å². The molecule has 3 aromatic carbocycles. The molecule has 0 atom stereocenters. The molecular formula is C31H35NO6. The standard InChI is InChI=1S/C31H35NO6/c1-2-3-4-11-28(33)32(21-31(38-30(36)37)16-7-8-17-31)20-22-12-13-24-19-25(15-14-23(24)18-22)26-9-5-6-10-27(26)29(34)35/h5-6,9-10,12-15,18-19H,2-4,7-8,11,16-17,20-21H2,1H3,(H,34,35)(H,36,37). The molecule has 7 nitrogen and oxygen atoms in total. The molecule has 7 heteroatoms. The molecular weight excluding hydrogens is 482 g/mol. The zero-order chi connectivity index (χ0) is 27.1. The van der Waals surface area contributed by atoms with Crippen LogP contribution in [0.5, 0.6) is 0 Å². The van der Waals surface area contributed by atoms with Gasteiger partial charge in [0.2, 0.25) is 5.91 Å². The third kappa shape index (κ3) is 6.52. The molecule has 2 N–H and O–H groups in total. The van der Waals surface area contributed by atoms with Crippen LogP contribution in [0.25, 0.3) is 21.9 Å². The fraction of sp³-hybridized carbons (Fsp3) is 0.387. The van der Waals surface area contributed by atoms with Crippen LogP contribution >= 0.6 is 0 Å². The Morgan fingerprint density at radius 1 is 0.921 bits per heavy atom. The highest BCUT2D eigenvalue weighted by Crippen LogP contribution is 2.35. The Hall–Kier alpha value is -3.87. The van der Waals surface area contributed by atoms with Crippen LogP contribution < -0.4 is 0 Å². The summed E-state index contributed by atoms with van der Waals surface area (Å²) in [6.45, 7) is 2.72. The van der Waals surface area contributed by atoms with Gasteiger partial charge in [0.1, 0.15) is 5.60 Å². The number of hydrogen-bond acceptors (Lipinski definition) is 4. The van der Waals surface area contributed by atoms with Gasteiger partial charge in [-0.1, -0.05) is 62.2 Å². The third-order valence-electron chi connectivity index (χ3n) is 7.39. The topological polar surface area (TPSA) is 104 Å². The van der Waals surface area contributed by atoms with Crippen molar-refractivity contribution < 1.29 is 29.3 Å². The van der Waals surface area contributed by atoms with Crippen molar-refractivity contribution in [2.24, 2.45) is 0 Å². The Bertz CT molecular complexity index is 1310. The molecule has 200 valence electrons. The molecule has 1 amide bonds. The smallest absolute Gasteiger partial charge is 0.478 e.